The number of nitrogens with two attached hydrogens (primary N) is 1. The zero-order valence-electron chi connectivity index (χ0n) is 11.9. The topological polar surface area (TPSA) is 102 Å². The summed E-state index contributed by atoms with van der Waals surface area (Å²) in [6.45, 7) is 9.58. The quantitative estimate of drug-likeness (QED) is 0.851. The fraction of sp³-hybridized carbons (Fsp3) is 0.750. The Kier molecular flexibility index (Phi) is 4.63. The van der Waals surface area contributed by atoms with Gasteiger partial charge in [0.25, 0.3) is 0 Å². The van der Waals surface area contributed by atoms with Crippen LogP contribution in [0.5, 0.6) is 0 Å². The number of aromatic nitrogens is 2. The smallest absolute Gasteiger partial charge is 0.321 e. The molecule has 0 fully saturated rings. The van der Waals surface area contributed by atoms with Crippen LogP contribution >= 0.6 is 11.8 Å². The van der Waals surface area contributed by atoms with Crippen LogP contribution in [-0.4, -0.2) is 32.0 Å². The van der Waals surface area contributed by atoms with Crippen LogP contribution in [0.15, 0.2) is 4.52 Å². The third-order valence-corrected chi connectivity index (χ3v) is 4.11. The first-order chi connectivity index (χ1) is 8.54. The summed E-state index contributed by atoms with van der Waals surface area (Å²) in [6, 6.07) is -0.942. The number of carbonyl (C=O) groups is 1. The third-order valence-electron chi connectivity index (χ3n) is 2.72. The van der Waals surface area contributed by atoms with Gasteiger partial charge in [0.2, 0.25) is 5.89 Å². The van der Waals surface area contributed by atoms with Crippen LogP contribution in [0.3, 0.4) is 0 Å². The van der Waals surface area contributed by atoms with Crippen molar-refractivity contribution in [3.8, 4) is 0 Å². The third kappa shape index (κ3) is 4.21. The molecule has 0 aliphatic rings. The lowest BCUT2D eigenvalue weighted by Gasteiger charge is -2.27. The molecule has 6 nitrogen and oxygen atoms in total. The highest BCUT2D eigenvalue weighted by molar-refractivity contribution is 7.99. The van der Waals surface area contributed by atoms with Crippen molar-refractivity contribution in [1.82, 2.24) is 10.1 Å². The number of carboxylic acids is 1. The largest absolute Gasteiger partial charge is 0.480 e. The van der Waals surface area contributed by atoms with Gasteiger partial charge in [-0.15, -0.1) is 11.8 Å². The van der Waals surface area contributed by atoms with Crippen LogP contribution < -0.4 is 5.73 Å². The Morgan fingerprint density at radius 2 is 2.00 bits per heavy atom. The number of hydrogen-bond donors (Lipinski definition) is 2. The maximum Gasteiger partial charge on any atom is 0.321 e. The van der Waals surface area contributed by atoms with Crippen LogP contribution in [-0.2, 0) is 16.0 Å². The summed E-state index contributed by atoms with van der Waals surface area (Å²) >= 11 is 1.39. The molecule has 0 saturated carbocycles. The predicted molar refractivity (Wildman–Crippen MR) is 74.0 cm³/mol. The molecule has 0 radical (unpaired) electrons. The van der Waals surface area contributed by atoms with E-state index in [2.05, 4.69) is 10.1 Å². The lowest BCUT2D eigenvalue weighted by molar-refractivity contribution is -0.139. The molecule has 19 heavy (non-hydrogen) atoms. The number of hydrogen-bond acceptors (Lipinski definition) is 6. The first-order valence-corrected chi connectivity index (χ1v) is 6.98. The minimum atomic E-state index is -1.02. The van der Waals surface area contributed by atoms with Crippen LogP contribution in [0.4, 0.5) is 0 Å². The summed E-state index contributed by atoms with van der Waals surface area (Å²) in [5, 5.41) is 12.9. The first kappa shape index (κ1) is 16.0. The summed E-state index contributed by atoms with van der Waals surface area (Å²) in [7, 11) is 0. The van der Waals surface area contributed by atoms with Gasteiger partial charge in [-0.25, -0.2) is 0 Å². The summed E-state index contributed by atoms with van der Waals surface area (Å²) in [5.74, 6) is 0.555. The molecule has 1 heterocycles. The molecule has 0 aromatic carbocycles. The van der Waals surface area contributed by atoms with Gasteiger partial charge >= 0.3 is 5.97 Å². The minimum Gasteiger partial charge on any atom is -0.480 e. The number of nitrogens with zero attached hydrogens (tertiary/aromatic N) is 2. The van der Waals surface area contributed by atoms with E-state index in [0.717, 1.165) is 0 Å². The molecular weight excluding hydrogens is 266 g/mol. The van der Waals surface area contributed by atoms with Crippen molar-refractivity contribution in [1.29, 1.82) is 0 Å². The minimum absolute atomic E-state index is 0.167. The summed E-state index contributed by atoms with van der Waals surface area (Å²) in [5.41, 5.74) is 5.48. The van der Waals surface area contributed by atoms with Gasteiger partial charge in [0.15, 0.2) is 5.82 Å². The predicted octanol–water partition coefficient (Wildman–Crippen LogP) is 1.79. The monoisotopic (exact) mass is 287 g/mol. The van der Waals surface area contributed by atoms with Gasteiger partial charge in [-0.1, -0.05) is 25.9 Å². The molecular formula is C12H21N3O3S. The average Bonchev–Trinajstić information content (AvgIpc) is 2.73. The maximum absolute atomic E-state index is 10.9. The second kappa shape index (κ2) is 5.50. The molecule has 0 spiro atoms. The lowest BCUT2D eigenvalue weighted by Crippen LogP contribution is -2.46. The second-order valence-electron chi connectivity index (χ2n) is 5.97. The molecule has 3 N–H and O–H groups in total. The van der Waals surface area contributed by atoms with Crippen molar-refractivity contribution in [2.75, 3.05) is 0 Å². The van der Waals surface area contributed by atoms with E-state index in [1.165, 1.54) is 11.8 Å². The van der Waals surface area contributed by atoms with Gasteiger partial charge in [0.1, 0.15) is 6.04 Å². The number of carboxylic acid groups (broad SMARTS) is 1. The summed E-state index contributed by atoms with van der Waals surface area (Å²) in [4.78, 5) is 15.2. The number of aliphatic carboxylic acids is 1. The van der Waals surface area contributed by atoms with Crippen molar-refractivity contribution in [2.24, 2.45) is 5.73 Å². The van der Waals surface area contributed by atoms with E-state index < -0.39 is 16.8 Å². The number of thioether (sulfide) groups is 1. The molecule has 1 aromatic heterocycles. The fourth-order valence-corrected chi connectivity index (χ4v) is 2.15. The molecule has 0 amide bonds. The molecule has 1 aromatic rings. The molecule has 7 heteroatoms. The standard InChI is InChI=1S/C12H21N3O3S/c1-11(2,3)10-14-7(18-15-10)6-19-12(4,5)8(13)9(16)17/h8H,6,13H2,1-5H3,(H,16,17)/t8-/m0/s1. The zero-order valence-corrected chi connectivity index (χ0v) is 12.7. The molecule has 0 saturated heterocycles. The van der Waals surface area contributed by atoms with E-state index >= 15 is 0 Å². The molecule has 108 valence electrons. The van der Waals surface area contributed by atoms with E-state index in [4.69, 9.17) is 15.4 Å². The molecule has 1 atom stereocenters. The first-order valence-electron chi connectivity index (χ1n) is 5.99. The van der Waals surface area contributed by atoms with E-state index in [1.54, 1.807) is 13.8 Å². The Balaban J connectivity index is 2.67. The van der Waals surface area contributed by atoms with Gasteiger partial charge in [-0.3, -0.25) is 4.79 Å². The fourth-order valence-electron chi connectivity index (χ4n) is 1.25. The molecule has 0 aliphatic heterocycles. The Hall–Kier alpha value is -1.08. The van der Waals surface area contributed by atoms with E-state index in [9.17, 15) is 4.79 Å². The SMILES string of the molecule is CC(C)(C)c1noc(CSC(C)(C)[C@@H](N)C(=O)O)n1. The van der Waals surface area contributed by atoms with Crippen LogP contribution in [0.2, 0.25) is 0 Å². The summed E-state index contributed by atoms with van der Waals surface area (Å²) < 4.78 is 4.55. The highest BCUT2D eigenvalue weighted by Gasteiger charge is 2.33. The van der Waals surface area contributed by atoms with Crippen molar-refractivity contribution < 1.29 is 14.4 Å². The van der Waals surface area contributed by atoms with Gasteiger partial charge in [-0.05, 0) is 13.8 Å². The summed E-state index contributed by atoms with van der Waals surface area (Å²) in [6.07, 6.45) is 0. The molecule has 0 unspecified atom stereocenters. The van der Waals surface area contributed by atoms with E-state index in [1.807, 2.05) is 20.8 Å². The van der Waals surface area contributed by atoms with Crippen molar-refractivity contribution in [3.63, 3.8) is 0 Å². The average molecular weight is 287 g/mol. The van der Waals surface area contributed by atoms with Crippen molar-refractivity contribution >= 4 is 17.7 Å². The zero-order chi connectivity index (χ0) is 14.8. The highest BCUT2D eigenvalue weighted by atomic mass is 32.2. The van der Waals surface area contributed by atoms with Crippen LogP contribution in [0.1, 0.15) is 46.3 Å². The maximum atomic E-state index is 10.9. The second-order valence-corrected chi connectivity index (χ2v) is 7.60. The molecule has 1 rings (SSSR count). The van der Waals surface area contributed by atoms with Crippen LogP contribution in [0, 0.1) is 0 Å². The highest BCUT2D eigenvalue weighted by Crippen LogP contribution is 2.30. The molecule has 0 aliphatic carbocycles. The lowest BCUT2D eigenvalue weighted by atomic mass is 9.96. The number of rotatable bonds is 5. The van der Waals surface area contributed by atoms with Crippen molar-refractivity contribution in [2.45, 2.75) is 56.6 Å². The van der Waals surface area contributed by atoms with Gasteiger partial charge < -0.3 is 15.4 Å². The van der Waals surface area contributed by atoms with Gasteiger partial charge in [-0.2, -0.15) is 4.98 Å². The van der Waals surface area contributed by atoms with Gasteiger partial charge in [0, 0.05) is 10.2 Å². The normalized spacial score (nSPS) is 14.4. The Morgan fingerprint density at radius 3 is 2.42 bits per heavy atom. The Labute approximate surface area is 117 Å². The van der Waals surface area contributed by atoms with Crippen molar-refractivity contribution in [3.05, 3.63) is 11.7 Å². The van der Waals surface area contributed by atoms with E-state index in [0.29, 0.717) is 17.5 Å². The van der Waals surface area contributed by atoms with E-state index in [-0.39, 0.29) is 5.41 Å². The van der Waals surface area contributed by atoms with Crippen LogP contribution in [0.25, 0.3) is 0 Å². The van der Waals surface area contributed by atoms with Gasteiger partial charge in [0.05, 0.1) is 5.75 Å². The Bertz CT molecular complexity index is 451. The molecule has 0 bridgehead atoms. The Morgan fingerprint density at radius 1 is 1.42 bits per heavy atom.